The largest absolute Gasteiger partial charge is 0.339 e. The Morgan fingerprint density at radius 1 is 1.12 bits per heavy atom. The first-order valence-corrected chi connectivity index (χ1v) is 10.2. The summed E-state index contributed by atoms with van der Waals surface area (Å²) in [6, 6.07) is -0.628. The van der Waals surface area contributed by atoms with Crippen LogP contribution in [0.1, 0.15) is 32.6 Å². The number of halogens is 2. The van der Waals surface area contributed by atoms with E-state index in [4.69, 9.17) is 0 Å². The molecular weight excluding hydrogens is 340 g/mol. The molecule has 0 bridgehead atoms. The lowest BCUT2D eigenvalue weighted by Gasteiger charge is -2.40. The molecule has 2 fully saturated rings. The van der Waals surface area contributed by atoms with Crippen molar-refractivity contribution >= 4 is 15.9 Å². The predicted octanol–water partition coefficient (Wildman–Crippen LogP) is 0.990. The molecule has 2 saturated heterocycles. The van der Waals surface area contributed by atoms with Gasteiger partial charge in [0.1, 0.15) is 6.04 Å². The second-order valence-electron chi connectivity index (χ2n) is 6.46. The maximum Gasteiger partial charge on any atom is 0.251 e. The van der Waals surface area contributed by atoms with Crippen LogP contribution in [0, 0.1) is 0 Å². The quantitative estimate of drug-likeness (QED) is 0.702. The topological polar surface area (TPSA) is 60.9 Å². The molecule has 0 radical (unpaired) electrons. The van der Waals surface area contributed by atoms with Gasteiger partial charge in [-0.15, -0.1) is 0 Å². The van der Waals surface area contributed by atoms with Crippen LogP contribution in [-0.4, -0.2) is 85.9 Å². The van der Waals surface area contributed by atoms with Crippen LogP contribution in [0.2, 0.25) is 0 Å². The molecule has 0 N–H and O–H groups in total. The van der Waals surface area contributed by atoms with Crippen LogP contribution in [-0.2, 0) is 14.8 Å². The van der Waals surface area contributed by atoms with Crippen LogP contribution in [0.5, 0.6) is 0 Å². The molecule has 1 unspecified atom stereocenters. The van der Waals surface area contributed by atoms with Gasteiger partial charge in [0.2, 0.25) is 15.9 Å². The highest BCUT2D eigenvalue weighted by Gasteiger charge is 2.38. The summed E-state index contributed by atoms with van der Waals surface area (Å²) in [7, 11) is -3.42. The average Bonchev–Trinajstić information content (AvgIpc) is 2.54. The van der Waals surface area contributed by atoms with Crippen LogP contribution < -0.4 is 0 Å². The van der Waals surface area contributed by atoms with Crippen molar-refractivity contribution in [1.82, 2.24) is 14.1 Å². The lowest BCUT2D eigenvalue weighted by atomic mass is 10.0. The van der Waals surface area contributed by atoms with Crippen molar-refractivity contribution in [2.75, 3.05) is 45.0 Å². The number of sulfonamides is 1. The fraction of sp³-hybridized carbons (Fsp3) is 0.933. The maximum atomic E-state index is 12.8. The summed E-state index contributed by atoms with van der Waals surface area (Å²) in [4.78, 5) is 16.1. The lowest BCUT2D eigenvalue weighted by molar-refractivity contribution is -0.138. The zero-order chi connectivity index (χ0) is 17.7. The highest BCUT2D eigenvalue weighted by molar-refractivity contribution is 7.89. The molecule has 0 aromatic carbocycles. The first-order chi connectivity index (χ1) is 11.3. The molecule has 2 rings (SSSR count). The minimum Gasteiger partial charge on any atom is -0.339 e. The fourth-order valence-corrected chi connectivity index (χ4v) is 5.16. The number of piperidine rings is 1. The summed E-state index contributed by atoms with van der Waals surface area (Å²) in [5, 5.41) is 0. The molecule has 6 nitrogen and oxygen atoms in total. The summed E-state index contributed by atoms with van der Waals surface area (Å²) in [6.45, 7) is 3.50. The Morgan fingerprint density at radius 2 is 1.79 bits per heavy atom. The van der Waals surface area contributed by atoms with Crippen molar-refractivity contribution in [2.45, 2.75) is 45.1 Å². The van der Waals surface area contributed by atoms with E-state index in [1.54, 1.807) is 16.7 Å². The number of piperazine rings is 1. The van der Waals surface area contributed by atoms with E-state index in [1.165, 1.54) is 4.31 Å². The molecule has 2 aliphatic heterocycles. The zero-order valence-electron chi connectivity index (χ0n) is 14.2. The molecule has 2 heterocycles. The number of carbonyl (C=O) groups excluding carboxylic acids is 1. The average molecular weight is 367 g/mol. The number of hydrogen-bond acceptors (Lipinski definition) is 4. The minimum absolute atomic E-state index is 0.0545. The van der Waals surface area contributed by atoms with Crippen molar-refractivity contribution in [2.24, 2.45) is 0 Å². The van der Waals surface area contributed by atoms with Crippen molar-refractivity contribution < 1.29 is 22.0 Å². The van der Waals surface area contributed by atoms with E-state index in [0.717, 1.165) is 12.8 Å². The van der Waals surface area contributed by atoms with Gasteiger partial charge in [-0.3, -0.25) is 9.69 Å². The van der Waals surface area contributed by atoms with Gasteiger partial charge in [0, 0.05) is 32.7 Å². The summed E-state index contributed by atoms with van der Waals surface area (Å²) in [5.41, 5.74) is 0. The van der Waals surface area contributed by atoms with E-state index in [0.29, 0.717) is 45.6 Å². The van der Waals surface area contributed by atoms with Gasteiger partial charge in [-0.25, -0.2) is 17.2 Å². The standard InChI is InChI=1S/C15H27F2N3O3S/c1-2-11-24(22,23)20-6-4-3-5-13(20)15(21)19-9-7-18(8-10-19)12-14(16)17/h13-14H,2-12H2,1H3. The number of alkyl halides is 2. The van der Waals surface area contributed by atoms with Gasteiger partial charge in [0.25, 0.3) is 6.43 Å². The number of carbonyl (C=O) groups is 1. The van der Waals surface area contributed by atoms with Gasteiger partial charge in [0.05, 0.1) is 12.3 Å². The number of rotatable bonds is 6. The normalized spacial score (nSPS) is 24.5. The second kappa shape index (κ2) is 8.53. The molecule has 1 amide bonds. The zero-order valence-corrected chi connectivity index (χ0v) is 15.0. The van der Waals surface area contributed by atoms with Gasteiger partial charge in [-0.2, -0.15) is 4.31 Å². The van der Waals surface area contributed by atoms with Crippen LogP contribution in [0.4, 0.5) is 8.78 Å². The Labute approximate surface area is 142 Å². The molecule has 0 aromatic rings. The van der Waals surface area contributed by atoms with Crippen LogP contribution >= 0.6 is 0 Å². The Bertz CT molecular complexity index is 522. The van der Waals surface area contributed by atoms with E-state index in [-0.39, 0.29) is 18.2 Å². The van der Waals surface area contributed by atoms with Crippen LogP contribution in [0.3, 0.4) is 0 Å². The van der Waals surface area contributed by atoms with Crippen molar-refractivity contribution in [1.29, 1.82) is 0 Å². The number of nitrogens with zero attached hydrogens (tertiary/aromatic N) is 3. The minimum atomic E-state index is -3.42. The van der Waals surface area contributed by atoms with E-state index < -0.39 is 22.5 Å². The second-order valence-corrected chi connectivity index (χ2v) is 8.50. The lowest BCUT2D eigenvalue weighted by Crippen LogP contribution is -2.57. The van der Waals surface area contributed by atoms with Crippen molar-refractivity contribution in [3.05, 3.63) is 0 Å². The number of amides is 1. The van der Waals surface area contributed by atoms with E-state index in [9.17, 15) is 22.0 Å². The van der Waals surface area contributed by atoms with E-state index >= 15 is 0 Å². The highest BCUT2D eigenvalue weighted by atomic mass is 32.2. The van der Waals surface area contributed by atoms with Gasteiger partial charge in [-0.1, -0.05) is 13.3 Å². The molecule has 0 aromatic heterocycles. The Morgan fingerprint density at radius 3 is 2.38 bits per heavy atom. The van der Waals surface area contributed by atoms with Crippen molar-refractivity contribution in [3.63, 3.8) is 0 Å². The summed E-state index contributed by atoms with van der Waals surface area (Å²) in [5.74, 6) is -0.120. The molecule has 9 heteroatoms. The van der Waals surface area contributed by atoms with Gasteiger partial charge < -0.3 is 4.90 Å². The number of hydrogen-bond donors (Lipinski definition) is 0. The monoisotopic (exact) mass is 367 g/mol. The van der Waals surface area contributed by atoms with Crippen LogP contribution in [0.15, 0.2) is 0 Å². The van der Waals surface area contributed by atoms with Gasteiger partial charge >= 0.3 is 0 Å². The molecule has 0 aliphatic carbocycles. The first-order valence-electron chi connectivity index (χ1n) is 8.64. The smallest absolute Gasteiger partial charge is 0.251 e. The maximum absolute atomic E-state index is 12.8. The SMILES string of the molecule is CCCS(=O)(=O)N1CCCCC1C(=O)N1CCN(CC(F)F)CC1. The fourth-order valence-electron chi connectivity index (χ4n) is 3.42. The molecule has 140 valence electrons. The summed E-state index contributed by atoms with van der Waals surface area (Å²) >= 11 is 0. The molecular formula is C15H27F2N3O3S. The Hall–Kier alpha value is -0.800. The summed E-state index contributed by atoms with van der Waals surface area (Å²) in [6.07, 6.45) is 0.292. The van der Waals surface area contributed by atoms with Crippen molar-refractivity contribution in [3.8, 4) is 0 Å². The van der Waals surface area contributed by atoms with Gasteiger partial charge in [0.15, 0.2) is 0 Å². The molecule has 1 atom stereocenters. The molecule has 0 spiro atoms. The highest BCUT2D eigenvalue weighted by Crippen LogP contribution is 2.23. The van der Waals surface area contributed by atoms with Gasteiger partial charge in [-0.05, 0) is 19.3 Å². The summed E-state index contributed by atoms with van der Waals surface area (Å²) < 4.78 is 51.1. The third kappa shape index (κ3) is 4.86. The molecule has 2 aliphatic rings. The third-order valence-electron chi connectivity index (χ3n) is 4.64. The molecule has 0 saturated carbocycles. The molecule has 24 heavy (non-hydrogen) atoms. The van der Waals surface area contributed by atoms with Crippen LogP contribution in [0.25, 0.3) is 0 Å². The predicted molar refractivity (Wildman–Crippen MR) is 87.4 cm³/mol. The third-order valence-corrected chi connectivity index (χ3v) is 6.71. The van der Waals surface area contributed by atoms with E-state index in [2.05, 4.69) is 0 Å². The van der Waals surface area contributed by atoms with E-state index in [1.807, 2.05) is 0 Å². The Balaban J connectivity index is 1.99. The Kier molecular flexibility index (Phi) is 6.94. The first kappa shape index (κ1) is 19.5.